The average molecular weight is 374 g/mol. The van der Waals surface area contributed by atoms with Crippen LogP contribution in [0.15, 0.2) is 0 Å². The number of anilines is 1. The SMILES string of the molecule is COCC1(C(=O)Nc2nc3c(s2)CCCCCC3)CCNCC1.Cl. The van der Waals surface area contributed by atoms with Crippen LogP contribution in [0.2, 0.25) is 0 Å². The van der Waals surface area contributed by atoms with Gasteiger partial charge in [0.2, 0.25) is 5.91 Å². The lowest BCUT2D eigenvalue weighted by atomic mass is 9.79. The summed E-state index contributed by atoms with van der Waals surface area (Å²) in [6.45, 7) is 2.21. The summed E-state index contributed by atoms with van der Waals surface area (Å²) < 4.78 is 5.35. The maximum absolute atomic E-state index is 12.9. The number of amides is 1. The zero-order valence-electron chi connectivity index (χ0n) is 14.4. The summed E-state index contributed by atoms with van der Waals surface area (Å²) >= 11 is 1.67. The normalized spacial score (nSPS) is 20.2. The van der Waals surface area contributed by atoms with E-state index < -0.39 is 5.41 Å². The van der Waals surface area contributed by atoms with E-state index in [0.29, 0.717) is 6.61 Å². The number of thiazole rings is 1. The van der Waals surface area contributed by atoms with Gasteiger partial charge in [-0.15, -0.1) is 23.7 Å². The van der Waals surface area contributed by atoms with Gasteiger partial charge < -0.3 is 15.4 Å². The fourth-order valence-corrected chi connectivity index (χ4v) is 4.65. The van der Waals surface area contributed by atoms with Crippen molar-refractivity contribution < 1.29 is 9.53 Å². The Balaban J connectivity index is 0.00000208. The van der Waals surface area contributed by atoms with Gasteiger partial charge in [-0.3, -0.25) is 4.79 Å². The lowest BCUT2D eigenvalue weighted by Gasteiger charge is -2.35. The van der Waals surface area contributed by atoms with E-state index >= 15 is 0 Å². The Morgan fingerprint density at radius 1 is 1.25 bits per heavy atom. The predicted molar refractivity (Wildman–Crippen MR) is 100 cm³/mol. The summed E-state index contributed by atoms with van der Waals surface area (Å²) in [7, 11) is 1.67. The molecule has 1 amide bonds. The van der Waals surface area contributed by atoms with Crippen LogP contribution in [0.3, 0.4) is 0 Å². The van der Waals surface area contributed by atoms with Crippen molar-refractivity contribution in [3.05, 3.63) is 10.6 Å². The number of methoxy groups -OCH3 is 1. The van der Waals surface area contributed by atoms with E-state index in [-0.39, 0.29) is 18.3 Å². The molecule has 0 aromatic carbocycles. The first-order valence-corrected chi connectivity index (χ1v) is 9.55. The van der Waals surface area contributed by atoms with Crippen LogP contribution < -0.4 is 10.6 Å². The molecule has 3 rings (SSSR count). The van der Waals surface area contributed by atoms with Crippen LogP contribution in [0.25, 0.3) is 0 Å². The number of aromatic nitrogens is 1. The lowest BCUT2D eigenvalue weighted by molar-refractivity contribution is -0.130. The molecule has 1 fully saturated rings. The summed E-state index contributed by atoms with van der Waals surface area (Å²) in [4.78, 5) is 19.0. The number of piperidine rings is 1. The van der Waals surface area contributed by atoms with Gasteiger partial charge in [0, 0.05) is 12.0 Å². The third kappa shape index (κ3) is 4.48. The minimum absolute atomic E-state index is 0. The topological polar surface area (TPSA) is 63.2 Å². The molecule has 7 heteroatoms. The van der Waals surface area contributed by atoms with E-state index in [4.69, 9.17) is 9.72 Å². The molecule has 1 aliphatic heterocycles. The Hall–Kier alpha value is -0.690. The predicted octanol–water partition coefficient (Wildman–Crippen LogP) is 3.18. The number of aryl methyl sites for hydroxylation is 2. The van der Waals surface area contributed by atoms with Gasteiger partial charge in [0.15, 0.2) is 5.13 Å². The van der Waals surface area contributed by atoms with Gasteiger partial charge in [-0.25, -0.2) is 4.98 Å². The zero-order chi connectivity index (χ0) is 16.1. The highest BCUT2D eigenvalue weighted by Crippen LogP contribution is 2.33. The van der Waals surface area contributed by atoms with E-state index in [1.807, 2.05) is 0 Å². The van der Waals surface area contributed by atoms with E-state index in [2.05, 4.69) is 10.6 Å². The number of hydrogen-bond acceptors (Lipinski definition) is 5. The van der Waals surface area contributed by atoms with Crippen molar-refractivity contribution in [2.24, 2.45) is 5.41 Å². The van der Waals surface area contributed by atoms with Crippen molar-refractivity contribution in [1.82, 2.24) is 10.3 Å². The summed E-state index contributed by atoms with van der Waals surface area (Å²) in [6.07, 6.45) is 8.84. The largest absolute Gasteiger partial charge is 0.384 e. The highest BCUT2D eigenvalue weighted by molar-refractivity contribution is 7.15. The molecule has 1 aliphatic carbocycles. The van der Waals surface area contributed by atoms with Gasteiger partial charge in [-0.1, -0.05) is 12.8 Å². The molecule has 0 unspecified atom stereocenters. The highest BCUT2D eigenvalue weighted by atomic mass is 35.5. The molecule has 0 spiro atoms. The first kappa shape index (κ1) is 19.6. The van der Waals surface area contributed by atoms with Gasteiger partial charge in [0.25, 0.3) is 0 Å². The highest BCUT2D eigenvalue weighted by Gasteiger charge is 2.40. The fraction of sp³-hybridized carbons (Fsp3) is 0.765. The van der Waals surface area contributed by atoms with Gasteiger partial charge >= 0.3 is 0 Å². The molecule has 0 radical (unpaired) electrons. The van der Waals surface area contributed by atoms with Gasteiger partial charge in [0.05, 0.1) is 17.7 Å². The quantitative estimate of drug-likeness (QED) is 0.850. The van der Waals surface area contributed by atoms with Crippen molar-refractivity contribution in [3.63, 3.8) is 0 Å². The second kappa shape index (κ2) is 9.13. The van der Waals surface area contributed by atoms with Gasteiger partial charge in [0.1, 0.15) is 0 Å². The molecule has 1 aromatic heterocycles. The Morgan fingerprint density at radius 2 is 1.96 bits per heavy atom. The van der Waals surface area contributed by atoms with Crippen molar-refractivity contribution in [2.75, 3.05) is 32.1 Å². The van der Waals surface area contributed by atoms with E-state index in [9.17, 15) is 4.79 Å². The third-order valence-corrected chi connectivity index (χ3v) is 6.10. The Bertz CT molecular complexity index is 513. The molecule has 5 nitrogen and oxygen atoms in total. The second-order valence-corrected chi connectivity index (χ2v) is 7.80. The molecule has 2 heterocycles. The first-order valence-electron chi connectivity index (χ1n) is 8.73. The molecule has 2 aliphatic rings. The van der Waals surface area contributed by atoms with Crippen LogP contribution in [0, 0.1) is 5.41 Å². The molecule has 1 saturated heterocycles. The number of rotatable bonds is 4. The van der Waals surface area contributed by atoms with Crippen LogP contribution >= 0.6 is 23.7 Å². The number of halogens is 1. The Labute approximate surface area is 154 Å². The third-order valence-electron chi connectivity index (χ3n) is 5.03. The van der Waals surface area contributed by atoms with E-state index in [1.54, 1.807) is 18.4 Å². The molecule has 1 aromatic rings. The minimum Gasteiger partial charge on any atom is -0.384 e. The number of nitrogens with one attached hydrogen (secondary N) is 2. The van der Waals surface area contributed by atoms with Crippen LogP contribution in [0.5, 0.6) is 0 Å². The molecule has 0 saturated carbocycles. The summed E-state index contributed by atoms with van der Waals surface area (Å²) in [5.41, 5.74) is 0.788. The molecule has 2 N–H and O–H groups in total. The Kier molecular flexibility index (Phi) is 7.47. The maximum Gasteiger partial charge on any atom is 0.234 e. The number of nitrogens with zero attached hydrogens (tertiary/aromatic N) is 1. The second-order valence-electron chi connectivity index (χ2n) is 6.72. The van der Waals surface area contributed by atoms with E-state index in [1.165, 1.54) is 36.3 Å². The smallest absolute Gasteiger partial charge is 0.234 e. The maximum atomic E-state index is 12.9. The van der Waals surface area contributed by atoms with Crippen LogP contribution in [0.4, 0.5) is 5.13 Å². The monoisotopic (exact) mass is 373 g/mol. The molecule has 0 bridgehead atoms. The molecular formula is C17H28ClN3O2S. The number of fused-ring (bicyclic) bond motifs is 1. The van der Waals surface area contributed by atoms with Crippen molar-refractivity contribution >= 4 is 34.8 Å². The molecule has 24 heavy (non-hydrogen) atoms. The Morgan fingerprint density at radius 3 is 2.67 bits per heavy atom. The number of carbonyl (C=O) groups is 1. The number of carbonyl (C=O) groups excluding carboxylic acids is 1. The van der Waals surface area contributed by atoms with Crippen molar-refractivity contribution in [3.8, 4) is 0 Å². The van der Waals surface area contributed by atoms with Crippen molar-refractivity contribution in [1.29, 1.82) is 0 Å². The molecular weight excluding hydrogens is 346 g/mol. The van der Waals surface area contributed by atoms with Gasteiger partial charge in [-0.2, -0.15) is 0 Å². The average Bonchev–Trinajstić information content (AvgIpc) is 2.89. The van der Waals surface area contributed by atoms with Crippen LogP contribution in [0.1, 0.15) is 49.1 Å². The van der Waals surface area contributed by atoms with Crippen molar-refractivity contribution in [2.45, 2.75) is 51.4 Å². The van der Waals surface area contributed by atoms with E-state index in [0.717, 1.165) is 43.9 Å². The summed E-state index contributed by atoms with van der Waals surface area (Å²) in [6, 6.07) is 0. The summed E-state index contributed by atoms with van der Waals surface area (Å²) in [5, 5.41) is 7.19. The first-order chi connectivity index (χ1) is 11.2. The van der Waals surface area contributed by atoms with Gasteiger partial charge in [-0.05, 0) is 51.6 Å². The zero-order valence-corrected chi connectivity index (χ0v) is 16.0. The minimum atomic E-state index is -0.417. The number of hydrogen-bond donors (Lipinski definition) is 2. The molecule has 0 atom stereocenters. The van der Waals surface area contributed by atoms with Crippen LogP contribution in [-0.2, 0) is 22.4 Å². The fourth-order valence-electron chi connectivity index (χ4n) is 3.61. The summed E-state index contributed by atoms with van der Waals surface area (Å²) in [5.74, 6) is 0.0718. The van der Waals surface area contributed by atoms with Crippen LogP contribution in [-0.4, -0.2) is 37.7 Å². The standard InChI is InChI=1S/C17H27N3O2S.ClH/c1-22-12-17(8-10-18-11-9-17)15(21)20-16-19-13-6-4-2-3-5-7-14(13)23-16;/h18H,2-12H2,1H3,(H,19,20,21);1H. The number of ether oxygens (including phenoxy) is 1. The molecule has 136 valence electrons. The lowest BCUT2D eigenvalue weighted by Crippen LogP contribution is -2.47.